The van der Waals surface area contributed by atoms with E-state index >= 15 is 0 Å². The van der Waals surface area contributed by atoms with Gasteiger partial charge in [0.2, 0.25) is 0 Å². The van der Waals surface area contributed by atoms with E-state index in [1.54, 1.807) is 38.1 Å². The van der Waals surface area contributed by atoms with Crippen LogP contribution in [0, 0.1) is 6.92 Å². The van der Waals surface area contributed by atoms with Crippen LogP contribution in [0.15, 0.2) is 46.9 Å². The summed E-state index contributed by atoms with van der Waals surface area (Å²) < 4.78 is 11.4. The van der Waals surface area contributed by atoms with Crippen LogP contribution in [0.1, 0.15) is 29.8 Å². The van der Waals surface area contributed by atoms with Gasteiger partial charge in [0.15, 0.2) is 6.61 Å². The Kier molecular flexibility index (Phi) is 6.58. The molecule has 0 bridgehead atoms. The fourth-order valence-electron chi connectivity index (χ4n) is 2.03. The van der Waals surface area contributed by atoms with Crippen molar-refractivity contribution >= 4 is 33.5 Å². The minimum atomic E-state index is -0.386. The van der Waals surface area contributed by atoms with Crippen molar-refractivity contribution in [2.24, 2.45) is 0 Å². The minimum absolute atomic E-state index is 0.129. The number of carbonyl (C=O) groups excluding carboxylic acids is 2. The van der Waals surface area contributed by atoms with Gasteiger partial charge in [-0.15, -0.1) is 0 Å². The zero-order valence-corrected chi connectivity index (χ0v) is 15.9. The van der Waals surface area contributed by atoms with E-state index in [1.165, 1.54) is 0 Å². The molecule has 0 aliphatic heterocycles. The van der Waals surface area contributed by atoms with Crippen molar-refractivity contribution < 1.29 is 19.1 Å². The summed E-state index contributed by atoms with van der Waals surface area (Å²) in [6.07, 6.45) is -0.173. The van der Waals surface area contributed by atoms with Crippen LogP contribution in [0.3, 0.4) is 0 Å². The van der Waals surface area contributed by atoms with Crippen LogP contribution in [-0.2, 0) is 9.53 Å². The zero-order chi connectivity index (χ0) is 18.4. The van der Waals surface area contributed by atoms with Crippen LogP contribution >= 0.6 is 15.9 Å². The molecular formula is C19H20BrNO4. The van der Waals surface area contributed by atoms with Gasteiger partial charge < -0.3 is 14.8 Å². The maximum absolute atomic E-state index is 12.0. The van der Waals surface area contributed by atoms with Crippen molar-refractivity contribution in [2.45, 2.75) is 26.9 Å². The lowest BCUT2D eigenvalue weighted by Gasteiger charge is -2.10. The minimum Gasteiger partial charge on any atom is -0.484 e. The average Bonchev–Trinajstić information content (AvgIpc) is 2.55. The molecule has 0 aromatic heterocycles. The summed E-state index contributed by atoms with van der Waals surface area (Å²) in [5.41, 5.74) is 2.22. The van der Waals surface area contributed by atoms with Gasteiger partial charge in [0.25, 0.3) is 5.91 Å². The van der Waals surface area contributed by atoms with Gasteiger partial charge in [-0.1, -0.05) is 6.07 Å². The highest BCUT2D eigenvalue weighted by Gasteiger charge is 2.10. The maximum Gasteiger partial charge on any atom is 0.338 e. The molecule has 132 valence electrons. The average molecular weight is 406 g/mol. The van der Waals surface area contributed by atoms with Crippen LogP contribution in [0.25, 0.3) is 0 Å². The zero-order valence-electron chi connectivity index (χ0n) is 14.3. The van der Waals surface area contributed by atoms with Crippen molar-refractivity contribution in [3.8, 4) is 5.75 Å². The number of aryl methyl sites for hydroxylation is 1. The number of esters is 1. The SMILES string of the molecule is Cc1ccc(NC(=O)COc2ccc(C(=O)OC(C)C)cc2)c(Br)c1. The molecule has 1 amide bonds. The van der Waals surface area contributed by atoms with Gasteiger partial charge in [0.1, 0.15) is 5.75 Å². The van der Waals surface area contributed by atoms with Gasteiger partial charge in [-0.2, -0.15) is 0 Å². The first kappa shape index (κ1) is 19.0. The molecule has 0 aliphatic rings. The van der Waals surface area contributed by atoms with E-state index in [9.17, 15) is 9.59 Å². The Morgan fingerprint density at radius 2 is 1.80 bits per heavy atom. The first-order chi connectivity index (χ1) is 11.8. The molecule has 25 heavy (non-hydrogen) atoms. The number of rotatable bonds is 6. The molecule has 2 rings (SSSR count). The van der Waals surface area contributed by atoms with Crippen molar-refractivity contribution in [2.75, 3.05) is 11.9 Å². The third-order valence-corrected chi connectivity index (χ3v) is 3.86. The molecule has 0 radical (unpaired) electrons. The van der Waals surface area contributed by atoms with E-state index in [1.807, 2.05) is 25.1 Å². The summed E-state index contributed by atoms with van der Waals surface area (Å²) in [4.78, 5) is 23.7. The van der Waals surface area contributed by atoms with Gasteiger partial charge in [0.05, 0.1) is 17.4 Å². The molecule has 0 saturated heterocycles. The van der Waals surface area contributed by atoms with Gasteiger partial charge in [0, 0.05) is 4.47 Å². The Hall–Kier alpha value is -2.34. The molecule has 5 nitrogen and oxygen atoms in total. The highest BCUT2D eigenvalue weighted by atomic mass is 79.9. The highest BCUT2D eigenvalue weighted by molar-refractivity contribution is 9.10. The summed E-state index contributed by atoms with van der Waals surface area (Å²) >= 11 is 3.41. The van der Waals surface area contributed by atoms with Crippen molar-refractivity contribution in [3.63, 3.8) is 0 Å². The first-order valence-electron chi connectivity index (χ1n) is 7.85. The summed E-state index contributed by atoms with van der Waals surface area (Å²) in [5.74, 6) is -0.157. The normalized spacial score (nSPS) is 10.4. The van der Waals surface area contributed by atoms with Crippen LogP contribution in [0.4, 0.5) is 5.69 Å². The molecule has 2 aromatic rings. The number of hydrogen-bond acceptors (Lipinski definition) is 4. The molecule has 6 heteroatoms. The monoisotopic (exact) mass is 405 g/mol. The van der Waals surface area contributed by atoms with Gasteiger partial charge in [-0.05, 0) is 78.7 Å². The van der Waals surface area contributed by atoms with Crippen molar-refractivity contribution in [3.05, 3.63) is 58.1 Å². The van der Waals surface area contributed by atoms with Crippen LogP contribution in [0.5, 0.6) is 5.75 Å². The molecule has 0 atom stereocenters. The van der Waals surface area contributed by atoms with E-state index in [4.69, 9.17) is 9.47 Å². The number of amides is 1. The Bertz CT molecular complexity index is 757. The summed E-state index contributed by atoms with van der Waals surface area (Å²) in [7, 11) is 0. The largest absolute Gasteiger partial charge is 0.484 e. The Morgan fingerprint density at radius 3 is 2.40 bits per heavy atom. The number of anilines is 1. The second kappa shape index (κ2) is 8.67. The lowest BCUT2D eigenvalue weighted by molar-refractivity contribution is -0.118. The number of hydrogen-bond donors (Lipinski definition) is 1. The molecule has 0 saturated carbocycles. The number of halogens is 1. The van der Waals surface area contributed by atoms with Gasteiger partial charge >= 0.3 is 5.97 Å². The number of ether oxygens (including phenoxy) is 2. The van der Waals surface area contributed by atoms with E-state index in [2.05, 4.69) is 21.2 Å². The molecule has 2 aromatic carbocycles. The lowest BCUT2D eigenvalue weighted by Crippen LogP contribution is -2.20. The lowest BCUT2D eigenvalue weighted by atomic mass is 10.2. The van der Waals surface area contributed by atoms with E-state index < -0.39 is 0 Å². The predicted octanol–water partition coefficient (Wildman–Crippen LogP) is 4.34. The summed E-state index contributed by atoms with van der Waals surface area (Å²) in [6, 6.07) is 12.1. The van der Waals surface area contributed by atoms with E-state index in [-0.39, 0.29) is 24.6 Å². The standard InChI is InChI=1S/C19H20BrNO4/c1-12(2)25-19(23)14-5-7-15(8-6-14)24-11-18(22)21-17-9-4-13(3)10-16(17)20/h4-10,12H,11H2,1-3H3,(H,21,22). The number of benzene rings is 2. The Labute approximate surface area is 155 Å². The predicted molar refractivity (Wildman–Crippen MR) is 100.0 cm³/mol. The molecule has 0 spiro atoms. The number of carbonyl (C=O) groups is 2. The third kappa shape index (κ3) is 5.90. The molecular weight excluding hydrogens is 386 g/mol. The van der Waals surface area contributed by atoms with Gasteiger partial charge in [-0.3, -0.25) is 4.79 Å². The van der Waals surface area contributed by atoms with Crippen LogP contribution in [-0.4, -0.2) is 24.6 Å². The quantitative estimate of drug-likeness (QED) is 0.725. The Balaban J connectivity index is 1.88. The fourth-order valence-corrected chi connectivity index (χ4v) is 2.62. The number of nitrogens with one attached hydrogen (secondary N) is 1. The van der Waals surface area contributed by atoms with Gasteiger partial charge in [-0.25, -0.2) is 4.79 Å². The molecule has 0 aliphatic carbocycles. The van der Waals surface area contributed by atoms with Crippen molar-refractivity contribution in [1.82, 2.24) is 0 Å². The van der Waals surface area contributed by atoms with Crippen molar-refractivity contribution in [1.29, 1.82) is 0 Å². The smallest absolute Gasteiger partial charge is 0.338 e. The molecule has 0 fully saturated rings. The third-order valence-electron chi connectivity index (χ3n) is 3.20. The van der Waals surface area contributed by atoms with Crippen LogP contribution < -0.4 is 10.1 Å². The second-order valence-corrected chi connectivity index (χ2v) is 6.65. The molecule has 0 unspecified atom stereocenters. The first-order valence-corrected chi connectivity index (χ1v) is 8.64. The van der Waals surface area contributed by atoms with E-state index in [0.29, 0.717) is 17.0 Å². The molecule has 1 N–H and O–H groups in total. The summed E-state index contributed by atoms with van der Waals surface area (Å²) in [6.45, 7) is 5.43. The highest BCUT2D eigenvalue weighted by Crippen LogP contribution is 2.23. The summed E-state index contributed by atoms with van der Waals surface area (Å²) in [5, 5.41) is 2.77. The topological polar surface area (TPSA) is 64.6 Å². The van der Waals surface area contributed by atoms with Crippen LogP contribution in [0.2, 0.25) is 0 Å². The Morgan fingerprint density at radius 1 is 1.12 bits per heavy atom. The maximum atomic E-state index is 12.0. The molecule has 0 heterocycles. The van der Waals surface area contributed by atoms with E-state index in [0.717, 1.165) is 10.0 Å². The second-order valence-electron chi connectivity index (χ2n) is 5.80. The fraction of sp³-hybridized carbons (Fsp3) is 0.263.